The zero-order valence-corrected chi connectivity index (χ0v) is 15.3. The lowest BCUT2D eigenvalue weighted by atomic mass is 10.0. The van der Waals surface area contributed by atoms with Gasteiger partial charge in [0.1, 0.15) is 11.1 Å². The van der Waals surface area contributed by atoms with Gasteiger partial charge in [0.05, 0.1) is 12.9 Å². The number of thioether (sulfide) groups is 1. The van der Waals surface area contributed by atoms with E-state index in [4.69, 9.17) is 4.74 Å². The quantitative estimate of drug-likeness (QED) is 0.644. The van der Waals surface area contributed by atoms with Gasteiger partial charge < -0.3 is 4.74 Å². The third-order valence-electron chi connectivity index (χ3n) is 4.52. The summed E-state index contributed by atoms with van der Waals surface area (Å²) in [6, 6.07) is 26.5. The Morgan fingerprint density at radius 3 is 2.19 bits per heavy atom. The van der Waals surface area contributed by atoms with Crippen LogP contribution in [0.15, 0.2) is 78.9 Å². The van der Waals surface area contributed by atoms with Crippen LogP contribution < -0.4 is 9.64 Å². The number of methoxy groups -OCH3 is 1. The molecule has 3 nitrogen and oxygen atoms in total. The third-order valence-corrected chi connectivity index (χ3v) is 5.73. The second-order valence-electron chi connectivity index (χ2n) is 6.11. The van der Waals surface area contributed by atoms with E-state index in [1.54, 1.807) is 18.9 Å². The molecule has 0 N–H and O–H groups in total. The molecular weight excluding hydrogens is 342 g/mol. The summed E-state index contributed by atoms with van der Waals surface area (Å²) in [5, 5.41) is 0.000665. The highest BCUT2D eigenvalue weighted by molar-refractivity contribution is 8.00. The van der Waals surface area contributed by atoms with Crippen molar-refractivity contribution in [3.05, 3.63) is 84.4 Å². The lowest BCUT2D eigenvalue weighted by Gasteiger charge is -2.24. The normalized spacial score (nSPS) is 16.7. The lowest BCUT2D eigenvalue weighted by Crippen LogP contribution is -2.27. The van der Waals surface area contributed by atoms with Gasteiger partial charge in [-0.15, -0.1) is 11.8 Å². The first-order valence-corrected chi connectivity index (χ1v) is 9.54. The molecule has 1 amide bonds. The molecule has 1 saturated heterocycles. The number of anilines is 1. The zero-order chi connectivity index (χ0) is 17.9. The molecule has 0 bridgehead atoms. The molecule has 1 atom stereocenters. The molecule has 3 aromatic rings. The number of nitrogens with zero attached hydrogens (tertiary/aromatic N) is 1. The molecule has 1 aliphatic heterocycles. The summed E-state index contributed by atoms with van der Waals surface area (Å²) >= 11 is 1.66. The first-order chi connectivity index (χ1) is 12.8. The second kappa shape index (κ2) is 7.26. The highest BCUT2D eigenvalue weighted by Crippen LogP contribution is 2.42. The van der Waals surface area contributed by atoms with Crippen LogP contribution >= 0.6 is 11.8 Å². The first kappa shape index (κ1) is 16.7. The van der Waals surface area contributed by atoms with Crippen molar-refractivity contribution in [2.45, 2.75) is 5.37 Å². The van der Waals surface area contributed by atoms with Crippen LogP contribution in [0.25, 0.3) is 11.1 Å². The van der Waals surface area contributed by atoms with Gasteiger partial charge in [0.15, 0.2) is 0 Å². The molecule has 0 radical (unpaired) electrons. The standard InChI is InChI=1S/C22H19NO2S/c1-25-20-13-11-19(12-14-20)23-21(24)15-26-22(23)18-9-7-17(8-10-18)16-5-3-2-4-6-16/h2-14,22H,15H2,1H3/t22-/m1/s1. The summed E-state index contributed by atoms with van der Waals surface area (Å²) < 4.78 is 5.22. The lowest BCUT2D eigenvalue weighted by molar-refractivity contribution is -0.115. The average Bonchev–Trinajstić information content (AvgIpc) is 3.10. The number of carbonyl (C=O) groups excluding carboxylic acids is 1. The van der Waals surface area contributed by atoms with E-state index in [0.29, 0.717) is 5.75 Å². The molecule has 0 spiro atoms. The van der Waals surface area contributed by atoms with Gasteiger partial charge in [0.25, 0.3) is 0 Å². The van der Waals surface area contributed by atoms with E-state index in [0.717, 1.165) is 17.0 Å². The zero-order valence-electron chi connectivity index (χ0n) is 14.5. The predicted molar refractivity (Wildman–Crippen MR) is 108 cm³/mol. The van der Waals surface area contributed by atoms with Crippen molar-refractivity contribution < 1.29 is 9.53 Å². The van der Waals surface area contributed by atoms with Gasteiger partial charge in [-0.05, 0) is 41.0 Å². The van der Waals surface area contributed by atoms with Crippen LogP contribution in [0.5, 0.6) is 5.75 Å². The first-order valence-electron chi connectivity index (χ1n) is 8.49. The molecule has 130 valence electrons. The van der Waals surface area contributed by atoms with Crippen LogP contribution in [0.4, 0.5) is 5.69 Å². The number of hydrogen-bond donors (Lipinski definition) is 0. The number of benzene rings is 3. The van der Waals surface area contributed by atoms with Crippen molar-refractivity contribution in [3.63, 3.8) is 0 Å². The molecule has 1 fully saturated rings. The maximum Gasteiger partial charge on any atom is 0.238 e. The molecule has 1 heterocycles. The van der Waals surface area contributed by atoms with Crippen molar-refractivity contribution in [3.8, 4) is 16.9 Å². The fourth-order valence-electron chi connectivity index (χ4n) is 3.16. The molecule has 4 rings (SSSR count). The van der Waals surface area contributed by atoms with Gasteiger partial charge in [-0.1, -0.05) is 54.6 Å². The average molecular weight is 361 g/mol. The maximum absolute atomic E-state index is 12.5. The summed E-state index contributed by atoms with van der Waals surface area (Å²) in [6.07, 6.45) is 0. The summed E-state index contributed by atoms with van der Waals surface area (Å²) in [7, 11) is 1.64. The Morgan fingerprint density at radius 2 is 1.54 bits per heavy atom. The van der Waals surface area contributed by atoms with E-state index >= 15 is 0 Å². The predicted octanol–water partition coefficient (Wildman–Crippen LogP) is 5.14. The van der Waals surface area contributed by atoms with Gasteiger partial charge in [-0.3, -0.25) is 9.69 Å². The monoisotopic (exact) mass is 361 g/mol. The highest BCUT2D eigenvalue weighted by atomic mass is 32.2. The van der Waals surface area contributed by atoms with Crippen LogP contribution in [0.3, 0.4) is 0 Å². The largest absolute Gasteiger partial charge is 0.497 e. The molecule has 1 aliphatic rings. The summed E-state index contributed by atoms with van der Waals surface area (Å²) in [5.41, 5.74) is 4.41. The van der Waals surface area contributed by atoms with E-state index < -0.39 is 0 Å². The Balaban J connectivity index is 1.62. The smallest absolute Gasteiger partial charge is 0.238 e. The minimum Gasteiger partial charge on any atom is -0.497 e. The van der Waals surface area contributed by atoms with E-state index in [1.807, 2.05) is 47.4 Å². The molecule has 26 heavy (non-hydrogen) atoms. The van der Waals surface area contributed by atoms with Crippen molar-refractivity contribution in [2.24, 2.45) is 0 Å². The Bertz CT molecular complexity index is 892. The van der Waals surface area contributed by atoms with Gasteiger partial charge in [-0.2, -0.15) is 0 Å². The van der Waals surface area contributed by atoms with Crippen molar-refractivity contribution >= 4 is 23.4 Å². The fourth-order valence-corrected chi connectivity index (χ4v) is 4.34. The van der Waals surface area contributed by atoms with E-state index in [1.165, 1.54) is 11.1 Å². The molecule has 0 aliphatic carbocycles. The summed E-state index contributed by atoms with van der Waals surface area (Å²) in [4.78, 5) is 14.4. The molecule has 0 aromatic heterocycles. The number of carbonyl (C=O) groups is 1. The summed E-state index contributed by atoms with van der Waals surface area (Å²) in [5.74, 6) is 1.42. The van der Waals surface area contributed by atoms with Crippen molar-refractivity contribution in [1.82, 2.24) is 0 Å². The van der Waals surface area contributed by atoms with Gasteiger partial charge in [0.2, 0.25) is 5.91 Å². The van der Waals surface area contributed by atoms with E-state index in [2.05, 4.69) is 36.4 Å². The van der Waals surface area contributed by atoms with Crippen LogP contribution in [-0.2, 0) is 4.79 Å². The van der Waals surface area contributed by atoms with E-state index in [-0.39, 0.29) is 11.3 Å². The summed E-state index contributed by atoms with van der Waals surface area (Å²) in [6.45, 7) is 0. The van der Waals surface area contributed by atoms with Gasteiger partial charge in [-0.25, -0.2) is 0 Å². The fraction of sp³-hybridized carbons (Fsp3) is 0.136. The van der Waals surface area contributed by atoms with Crippen LogP contribution in [0, 0.1) is 0 Å². The van der Waals surface area contributed by atoms with E-state index in [9.17, 15) is 4.79 Å². The number of ether oxygens (including phenoxy) is 1. The second-order valence-corrected chi connectivity index (χ2v) is 7.18. The molecule has 4 heteroatoms. The molecule has 0 unspecified atom stereocenters. The molecular formula is C22H19NO2S. The number of amides is 1. The van der Waals surface area contributed by atoms with Crippen LogP contribution in [0.2, 0.25) is 0 Å². The van der Waals surface area contributed by atoms with Crippen LogP contribution in [-0.4, -0.2) is 18.8 Å². The van der Waals surface area contributed by atoms with Crippen molar-refractivity contribution in [1.29, 1.82) is 0 Å². The van der Waals surface area contributed by atoms with Gasteiger partial charge in [0, 0.05) is 5.69 Å². The van der Waals surface area contributed by atoms with Crippen molar-refractivity contribution in [2.75, 3.05) is 17.8 Å². The Kier molecular flexibility index (Phi) is 4.67. The number of hydrogen-bond acceptors (Lipinski definition) is 3. The Hall–Kier alpha value is -2.72. The Morgan fingerprint density at radius 1 is 0.885 bits per heavy atom. The SMILES string of the molecule is COc1ccc(N2C(=O)CS[C@@H]2c2ccc(-c3ccccc3)cc2)cc1. The minimum atomic E-state index is 0.000665. The Labute approximate surface area is 157 Å². The molecule has 0 saturated carbocycles. The van der Waals surface area contributed by atoms with Crippen LogP contribution in [0.1, 0.15) is 10.9 Å². The maximum atomic E-state index is 12.5. The minimum absolute atomic E-state index is 0.000665. The highest BCUT2D eigenvalue weighted by Gasteiger charge is 2.33. The molecule has 3 aromatic carbocycles. The van der Waals surface area contributed by atoms with Gasteiger partial charge >= 0.3 is 0 Å². The third kappa shape index (κ3) is 3.20. The topological polar surface area (TPSA) is 29.5 Å². The number of rotatable bonds is 4.